The van der Waals surface area contributed by atoms with E-state index in [0.717, 1.165) is 11.1 Å². The summed E-state index contributed by atoms with van der Waals surface area (Å²) in [5, 5.41) is 0. The maximum atomic E-state index is 11.6. The van der Waals surface area contributed by atoms with E-state index >= 15 is 0 Å². The Morgan fingerprint density at radius 1 is 0.652 bits per heavy atom. The number of hydrogen-bond acceptors (Lipinski definition) is 1. The van der Waals surface area contributed by atoms with E-state index in [9.17, 15) is 4.79 Å². The van der Waals surface area contributed by atoms with E-state index < -0.39 is 0 Å². The lowest BCUT2D eigenvalue weighted by Crippen LogP contribution is -1.84. The Balaban J connectivity index is 0.000000326. The first-order valence-electron chi connectivity index (χ1n) is 7.42. The van der Waals surface area contributed by atoms with Crippen LogP contribution in [0.5, 0.6) is 0 Å². The topological polar surface area (TPSA) is 32.9 Å². The molecule has 0 radical (unpaired) electrons. The van der Waals surface area contributed by atoms with Crippen LogP contribution in [0.3, 0.4) is 0 Å². The van der Waals surface area contributed by atoms with Crippen LogP contribution in [0.25, 0.3) is 12.2 Å². The maximum Gasteiger partial charge on any atom is 0.178 e. The van der Waals surface area contributed by atoms with Crippen LogP contribution in [-0.2, 0) is 4.79 Å². The molecule has 2 aromatic carbocycles. The molecule has 0 aliphatic heterocycles. The number of aromatic nitrogens is 1. The van der Waals surface area contributed by atoms with Crippen LogP contribution in [0.15, 0.2) is 97.3 Å². The molecule has 0 amide bonds. The lowest BCUT2D eigenvalue weighted by molar-refractivity contribution is -0.110. The number of allylic oxidation sites excluding steroid dienone is 2. The molecule has 3 rings (SSSR count). The predicted octanol–water partition coefficient (Wildman–Crippen LogP) is 5.00. The van der Waals surface area contributed by atoms with Gasteiger partial charge in [0.25, 0.3) is 0 Å². The van der Waals surface area contributed by atoms with Crippen LogP contribution >= 0.6 is 0 Å². The molecule has 3 aromatic rings. The number of benzene rings is 2. The highest BCUT2D eigenvalue weighted by Crippen LogP contribution is 2.03. The fourth-order valence-electron chi connectivity index (χ4n) is 1.82. The summed E-state index contributed by atoms with van der Waals surface area (Å²) in [7, 11) is 0. The van der Waals surface area contributed by atoms with E-state index in [4.69, 9.17) is 0 Å². The number of H-pyrrole nitrogens is 1. The summed E-state index contributed by atoms with van der Waals surface area (Å²) >= 11 is 0. The average molecular weight is 301 g/mol. The van der Waals surface area contributed by atoms with Gasteiger partial charge < -0.3 is 4.98 Å². The van der Waals surface area contributed by atoms with Crippen LogP contribution in [0.1, 0.15) is 11.1 Å². The number of carbonyl (C=O) groups excluding carboxylic acids is 1. The van der Waals surface area contributed by atoms with E-state index in [1.54, 1.807) is 12.2 Å². The van der Waals surface area contributed by atoms with Crippen molar-refractivity contribution in [3.8, 4) is 0 Å². The third-order valence-electron chi connectivity index (χ3n) is 2.98. The molecule has 0 bridgehead atoms. The SMILES string of the molecule is O=C(C=Cc1ccccc1)C=Cc1ccccc1.c1cc[nH]c1. The molecule has 0 spiro atoms. The first-order chi connectivity index (χ1) is 11.3. The standard InChI is InChI=1S/C17H14O.C4H5N/c18-17(13-11-15-7-3-1-4-8-15)14-12-16-9-5-2-6-10-16;1-2-4-5-3-1/h1-14H;1-5H. The molecule has 0 saturated carbocycles. The Kier molecular flexibility index (Phi) is 6.88. The largest absolute Gasteiger partial charge is 0.368 e. The minimum atomic E-state index is -0.0114. The van der Waals surface area contributed by atoms with Gasteiger partial charge in [-0.05, 0) is 35.4 Å². The summed E-state index contributed by atoms with van der Waals surface area (Å²) in [5.74, 6) is -0.0114. The van der Waals surface area contributed by atoms with Gasteiger partial charge in [-0.15, -0.1) is 0 Å². The summed E-state index contributed by atoms with van der Waals surface area (Å²) in [6.45, 7) is 0. The van der Waals surface area contributed by atoms with E-state index in [-0.39, 0.29) is 5.78 Å². The normalized spacial score (nSPS) is 10.4. The molecule has 0 aliphatic rings. The molecule has 0 atom stereocenters. The van der Waals surface area contributed by atoms with Gasteiger partial charge in [0.1, 0.15) is 0 Å². The second-order valence-electron chi connectivity index (χ2n) is 4.78. The van der Waals surface area contributed by atoms with Gasteiger partial charge in [-0.1, -0.05) is 72.8 Å². The highest BCUT2D eigenvalue weighted by molar-refractivity contribution is 6.04. The Morgan fingerprint density at radius 2 is 1.09 bits per heavy atom. The molecular weight excluding hydrogens is 282 g/mol. The zero-order chi connectivity index (χ0) is 16.2. The monoisotopic (exact) mass is 301 g/mol. The van der Waals surface area contributed by atoms with Gasteiger partial charge in [-0.25, -0.2) is 0 Å². The van der Waals surface area contributed by atoms with E-state index in [1.807, 2.05) is 97.3 Å². The highest BCUT2D eigenvalue weighted by Gasteiger charge is 1.90. The van der Waals surface area contributed by atoms with Crippen LogP contribution in [0, 0.1) is 0 Å². The van der Waals surface area contributed by atoms with Crippen molar-refractivity contribution in [3.05, 3.63) is 108 Å². The van der Waals surface area contributed by atoms with Gasteiger partial charge in [0.15, 0.2) is 5.78 Å². The quantitative estimate of drug-likeness (QED) is 0.676. The van der Waals surface area contributed by atoms with Crippen molar-refractivity contribution in [3.63, 3.8) is 0 Å². The van der Waals surface area contributed by atoms with Gasteiger partial charge in [0, 0.05) is 12.4 Å². The summed E-state index contributed by atoms with van der Waals surface area (Å²) in [6, 6.07) is 23.4. The molecule has 1 N–H and O–H groups in total. The average Bonchev–Trinajstić information content (AvgIpc) is 3.20. The van der Waals surface area contributed by atoms with Crippen molar-refractivity contribution in [1.29, 1.82) is 0 Å². The second kappa shape index (κ2) is 9.74. The van der Waals surface area contributed by atoms with Gasteiger partial charge in [-0.2, -0.15) is 0 Å². The highest BCUT2D eigenvalue weighted by atomic mass is 16.1. The smallest absolute Gasteiger partial charge is 0.178 e. The number of aromatic amines is 1. The van der Waals surface area contributed by atoms with Gasteiger partial charge in [0.05, 0.1) is 0 Å². The summed E-state index contributed by atoms with van der Waals surface area (Å²) < 4.78 is 0. The zero-order valence-corrected chi connectivity index (χ0v) is 12.8. The van der Waals surface area contributed by atoms with Crippen LogP contribution in [0.4, 0.5) is 0 Å². The van der Waals surface area contributed by atoms with Gasteiger partial charge >= 0.3 is 0 Å². The van der Waals surface area contributed by atoms with Crippen molar-refractivity contribution in [1.82, 2.24) is 4.98 Å². The first-order valence-corrected chi connectivity index (χ1v) is 7.42. The fraction of sp³-hybridized carbons (Fsp3) is 0. The van der Waals surface area contributed by atoms with E-state index in [1.165, 1.54) is 0 Å². The van der Waals surface area contributed by atoms with Gasteiger partial charge in [0.2, 0.25) is 0 Å². The van der Waals surface area contributed by atoms with E-state index in [2.05, 4.69) is 4.98 Å². The number of nitrogens with one attached hydrogen (secondary N) is 1. The zero-order valence-electron chi connectivity index (χ0n) is 12.8. The number of hydrogen-bond donors (Lipinski definition) is 1. The van der Waals surface area contributed by atoms with Crippen molar-refractivity contribution >= 4 is 17.9 Å². The maximum absolute atomic E-state index is 11.6. The molecule has 23 heavy (non-hydrogen) atoms. The van der Waals surface area contributed by atoms with Gasteiger partial charge in [-0.3, -0.25) is 4.79 Å². The lowest BCUT2D eigenvalue weighted by Gasteiger charge is -1.91. The molecule has 114 valence electrons. The Morgan fingerprint density at radius 3 is 1.43 bits per heavy atom. The molecule has 0 unspecified atom stereocenters. The Labute approximate surface area is 136 Å². The minimum Gasteiger partial charge on any atom is -0.368 e. The minimum absolute atomic E-state index is 0.0114. The van der Waals surface area contributed by atoms with Crippen LogP contribution in [0.2, 0.25) is 0 Å². The molecule has 0 saturated heterocycles. The van der Waals surface area contributed by atoms with Crippen molar-refractivity contribution < 1.29 is 4.79 Å². The fourth-order valence-corrected chi connectivity index (χ4v) is 1.82. The van der Waals surface area contributed by atoms with Crippen molar-refractivity contribution in [2.45, 2.75) is 0 Å². The second-order valence-corrected chi connectivity index (χ2v) is 4.78. The predicted molar refractivity (Wildman–Crippen MR) is 96.8 cm³/mol. The number of ketones is 1. The molecule has 2 nitrogen and oxygen atoms in total. The third-order valence-corrected chi connectivity index (χ3v) is 2.98. The van der Waals surface area contributed by atoms with Crippen LogP contribution in [-0.4, -0.2) is 10.8 Å². The molecule has 0 aliphatic carbocycles. The Hall–Kier alpha value is -3.13. The summed E-state index contributed by atoms with van der Waals surface area (Å²) in [4.78, 5) is 14.5. The van der Waals surface area contributed by atoms with Crippen LogP contribution < -0.4 is 0 Å². The first kappa shape index (κ1) is 16.2. The molecule has 1 heterocycles. The summed E-state index contributed by atoms with van der Waals surface area (Å²) in [6.07, 6.45) is 10.5. The van der Waals surface area contributed by atoms with E-state index in [0.29, 0.717) is 0 Å². The van der Waals surface area contributed by atoms with Crippen molar-refractivity contribution in [2.75, 3.05) is 0 Å². The number of rotatable bonds is 4. The Bertz CT molecular complexity index is 657. The molecular formula is C21H19NO. The molecule has 2 heteroatoms. The lowest BCUT2D eigenvalue weighted by atomic mass is 10.1. The third kappa shape index (κ3) is 6.91. The molecule has 1 aromatic heterocycles. The van der Waals surface area contributed by atoms with Crippen molar-refractivity contribution in [2.24, 2.45) is 0 Å². The number of carbonyl (C=O) groups is 1. The summed E-state index contributed by atoms with van der Waals surface area (Å²) in [5.41, 5.74) is 2.05. The molecule has 0 fully saturated rings.